The van der Waals surface area contributed by atoms with Crippen molar-refractivity contribution in [1.82, 2.24) is 10.3 Å². The quantitative estimate of drug-likeness (QED) is 0.942. The van der Waals surface area contributed by atoms with Gasteiger partial charge in [0.15, 0.2) is 0 Å². The Morgan fingerprint density at radius 1 is 1.50 bits per heavy atom. The zero-order valence-corrected chi connectivity index (χ0v) is 12.0. The monoisotopic (exact) mass is 287 g/mol. The molecular formula is C15H14ClN3O. The molecule has 0 aliphatic heterocycles. The molecule has 102 valence electrons. The van der Waals surface area contributed by atoms with Gasteiger partial charge in [0.1, 0.15) is 11.2 Å². The first-order valence-electron chi connectivity index (χ1n) is 6.28. The molecule has 20 heavy (non-hydrogen) atoms. The van der Waals surface area contributed by atoms with E-state index in [1.54, 1.807) is 13.0 Å². The summed E-state index contributed by atoms with van der Waals surface area (Å²) in [5.41, 5.74) is -0.0411. The Bertz CT molecular complexity index is 708. The highest BCUT2D eigenvalue weighted by molar-refractivity contribution is 6.35. The molecule has 0 spiro atoms. The number of nitriles is 1. The van der Waals surface area contributed by atoms with E-state index in [9.17, 15) is 4.79 Å². The maximum atomic E-state index is 12.2. The largest absolute Gasteiger partial charge is 0.333 e. The molecule has 1 aromatic carbocycles. The van der Waals surface area contributed by atoms with Gasteiger partial charge in [-0.1, -0.05) is 36.7 Å². The first kappa shape index (κ1) is 14.3. The minimum atomic E-state index is -0.906. The number of amides is 1. The molecule has 1 heterocycles. The Hall–Kier alpha value is -2.12. The summed E-state index contributed by atoms with van der Waals surface area (Å²) < 4.78 is 0. The number of carbonyl (C=O) groups is 1. The second-order valence-electron chi connectivity index (χ2n) is 4.76. The molecule has 0 bridgehead atoms. The van der Waals surface area contributed by atoms with Crippen LogP contribution in [0.15, 0.2) is 30.3 Å². The van der Waals surface area contributed by atoms with E-state index >= 15 is 0 Å². The van der Waals surface area contributed by atoms with Gasteiger partial charge in [0, 0.05) is 5.39 Å². The van der Waals surface area contributed by atoms with Crippen molar-refractivity contribution < 1.29 is 4.79 Å². The van der Waals surface area contributed by atoms with Crippen LogP contribution >= 0.6 is 11.6 Å². The van der Waals surface area contributed by atoms with Gasteiger partial charge < -0.3 is 5.32 Å². The zero-order valence-electron chi connectivity index (χ0n) is 11.3. The van der Waals surface area contributed by atoms with Crippen molar-refractivity contribution in [2.75, 3.05) is 0 Å². The van der Waals surface area contributed by atoms with Crippen molar-refractivity contribution in [1.29, 1.82) is 5.26 Å². The van der Waals surface area contributed by atoms with Crippen LogP contribution in [-0.2, 0) is 0 Å². The van der Waals surface area contributed by atoms with Gasteiger partial charge in [-0.05, 0) is 25.5 Å². The Morgan fingerprint density at radius 3 is 2.85 bits per heavy atom. The lowest BCUT2D eigenvalue weighted by Crippen LogP contribution is -2.44. The van der Waals surface area contributed by atoms with Crippen LogP contribution in [0.3, 0.4) is 0 Å². The van der Waals surface area contributed by atoms with Gasteiger partial charge in [0.05, 0.1) is 16.6 Å². The fourth-order valence-corrected chi connectivity index (χ4v) is 2.02. The van der Waals surface area contributed by atoms with Gasteiger partial charge in [0.2, 0.25) is 0 Å². The standard InChI is InChI=1S/C15H14ClN3O/c1-3-15(2,9-17)19-14(20)13-8-11(16)10-6-4-5-7-12(10)18-13/h4-8H,3H2,1-2H3,(H,19,20). The molecule has 1 atom stereocenters. The van der Waals surface area contributed by atoms with Crippen molar-refractivity contribution in [3.63, 3.8) is 0 Å². The average molecular weight is 288 g/mol. The van der Waals surface area contributed by atoms with Crippen LogP contribution in [0.25, 0.3) is 10.9 Å². The minimum Gasteiger partial charge on any atom is -0.333 e. The van der Waals surface area contributed by atoms with E-state index < -0.39 is 11.4 Å². The van der Waals surface area contributed by atoms with Crippen LogP contribution in [0.1, 0.15) is 30.8 Å². The van der Waals surface area contributed by atoms with E-state index in [2.05, 4.69) is 16.4 Å². The molecule has 1 unspecified atom stereocenters. The Balaban J connectivity index is 2.39. The molecular weight excluding hydrogens is 274 g/mol. The molecule has 1 N–H and O–H groups in total. The van der Waals surface area contributed by atoms with Crippen LogP contribution in [0.2, 0.25) is 5.02 Å². The van der Waals surface area contributed by atoms with E-state index in [1.807, 2.05) is 25.1 Å². The molecule has 0 aliphatic rings. The van der Waals surface area contributed by atoms with Crippen LogP contribution in [0.5, 0.6) is 0 Å². The predicted molar refractivity (Wildman–Crippen MR) is 78.5 cm³/mol. The topological polar surface area (TPSA) is 65.8 Å². The van der Waals surface area contributed by atoms with Crippen molar-refractivity contribution in [2.45, 2.75) is 25.8 Å². The summed E-state index contributed by atoms with van der Waals surface area (Å²) in [5, 5.41) is 13.0. The second kappa shape index (κ2) is 5.48. The molecule has 0 radical (unpaired) electrons. The fourth-order valence-electron chi connectivity index (χ4n) is 1.76. The van der Waals surface area contributed by atoms with Gasteiger partial charge in [-0.2, -0.15) is 5.26 Å². The number of nitrogens with one attached hydrogen (secondary N) is 1. The van der Waals surface area contributed by atoms with E-state index in [0.717, 1.165) is 5.39 Å². The van der Waals surface area contributed by atoms with Crippen LogP contribution in [-0.4, -0.2) is 16.4 Å². The average Bonchev–Trinajstić information content (AvgIpc) is 2.47. The summed E-state index contributed by atoms with van der Waals surface area (Å²) in [6.07, 6.45) is 0.510. The smallest absolute Gasteiger partial charge is 0.271 e. The summed E-state index contributed by atoms with van der Waals surface area (Å²) in [4.78, 5) is 16.5. The minimum absolute atomic E-state index is 0.212. The predicted octanol–water partition coefficient (Wildman–Crippen LogP) is 3.31. The molecule has 4 nitrogen and oxygen atoms in total. The van der Waals surface area contributed by atoms with E-state index in [1.165, 1.54) is 6.07 Å². The molecule has 5 heteroatoms. The lowest BCUT2D eigenvalue weighted by Gasteiger charge is -2.21. The molecule has 1 amide bonds. The second-order valence-corrected chi connectivity index (χ2v) is 5.17. The highest BCUT2D eigenvalue weighted by Gasteiger charge is 2.25. The maximum Gasteiger partial charge on any atom is 0.271 e. The Morgan fingerprint density at radius 2 is 2.20 bits per heavy atom. The maximum absolute atomic E-state index is 12.2. The molecule has 0 aliphatic carbocycles. The Labute approximate surface area is 122 Å². The van der Waals surface area contributed by atoms with Gasteiger partial charge >= 0.3 is 0 Å². The molecule has 1 aromatic heterocycles. The summed E-state index contributed by atoms with van der Waals surface area (Å²) in [5.74, 6) is -0.399. The lowest BCUT2D eigenvalue weighted by molar-refractivity contribution is 0.0918. The zero-order chi connectivity index (χ0) is 14.8. The number of benzene rings is 1. The van der Waals surface area contributed by atoms with Crippen molar-refractivity contribution >= 4 is 28.4 Å². The summed E-state index contributed by atoms with van der Waals surface area (Å²) >= 11 is 6.16. The van der Waals surface area contributed by atoms with E-state index in [4.69, 9.17) is 16.9 Å². The highest BCUT2D eigenvalue weighted by atomic mass is 35.5. The highest BCUT2D eigenvalue weighted by Crippen LogP contribution is 2.23. The summed E-state index contributed by atoms with van der Waals surface area (Å²) in [7, 11) is 0. The van der Waals surface area contributed by atoms with Crippen molar-refractivity contribution in [3.8, 4) is 6.07 Å². The number of halogens is 1. The molecule has 2 aromatic rings. The van der Waals surface area contributed by atoms with Gasteiger partial charge in [-0.3, -0.25) is 4.79 Å². The van der Waals surface area contributed by atoms with Crippen LogP contribution in [0.4, 0.5) is 0 Å². The number of para-hydroxylation sites is 1. The van der Waals surface area contributed by atoms with Crippen LogP contribution in [0, 0.1) is 11.3 Å². The van der Waals surface area contributed by atoms with Gasteiger partial charge in [-0.25, -0.2) is 4.98 Å². The molecule has 0 fully saturated rings. The summed E-state index contributed by atoms with van der Waals surface area (Å²) in [6, 6.07) is 10.9. The van der Waals surface area contributed by atoms with Crippen molar-refractivity contribution in [2.24, 2.45) is 0 Å². The lowest BCUT2D eigenvalue weighted by atomic mass is 10.0. The molecule has 2 rings (SSSR count). The number of hydrogen-bond donors (Lipinski definition) is 1. The van der Waals surface area contributed by atoms with Crippen molar-refractivity contribution in [3.05, 3.63) is 41.0 Å². The van der Waals surface area contributed by atoms with Crippen LogP contribution < -0.4 is 5.32 Å². The first-order valence-corrected chi connectivity index (χ1v) is 6.66. The third kappa shape index (κ3) is 2.73. The number of fused-ring (bicyclic) bond motifs is 1. The third-order valence-corrected chi connectivity index (χ3v) is 3.55. The molecule has 0 saturated heterocycles. The van der Waals surface area contributed by atoms with E-state index in [0.29, 0.717) is 17.0 Å². The number of aromatic nitrogens is 1. The number of carbonyl (C=O) groups excluding carboxylic acids is 1. The first-order chi connectivity index (χ1) is 9.49. The van der Waals surface area contributed by atoms with Gasteiger partial charge in [0.25, 0.3) is 5.91 Å². The number of hydrogen-bond acceptors (Lipinski definition) is 3. The van der Waals surface area contributed by atoms with Gasteiger partial charge in [-0.15, -0.1) is 0 Å². The number of pyridine rings is 1. The Kier molecular flexibility index (Phi) is 3.91. The number of nitrogens with zero attached hydrogens (tertiary/aromatic N) is 2. The molecule has 0 saturated carbocycles. The van der Waals surface area contributed by atoms with E-state index in [-0.39, 0.29) is 5.69 Å². The third-order valence-electron chi connectivity index (χ3n) is 3.24. The SMILES string of the molecule is CCC(C)(C#N)NC(=O)c1cc(Cl)c2ccccc2n1. The fraction of sp³-hybridized carbons (Fsp3) is 0.267. The number of rotatable bonds is 3. The normalized spacial score (nSPS) is 13.5. The summed E-state index contributed by atoms with van der Waals surface area (Å²) in [6.45, 7) is 3.51.